The minimum absolute atomic E-state index is 0.0747. The molecule has 2 saturated heterocycles. The molecule has 1 N–H and O–H groups in total. The molecule has 0 aromatic rings. The number of ether oxygens (including phenoxy) is 1. The van der Waals surface area contributed by atoms with Gasteiger partial charge in [0.1, 0.15) is 6.23 Å². The number of fused-ring (bicyclic) bond motifs is 8. The molecule has 0 aromatic carbocycles. The van der Waals surface area contributed by atoms with Crippen LogP contribution in [0.1, 0.15) is 38.5 Å². The van der Waals surface area contributed by atoms with E-state index in [2.05, 4.69) is 0 Å². The zero-order chi connectivity index (χ0) is 12.7. The molecule has 3 aliphatic carbocycles. The highest BCUT2D eigenvalue weighted by molar-refractivity contribution is 5.83. The molecule has 4 heteroatoms. The molecule has 5 fully saturated rings. The molecular weight excluding hydrogens is 242 g/mol. The number of carbonyl (C=O) groups is 1. The highest BCUT2D eigenvalue weighted by atomic mass is 16.6. The van der Waals surface area contributed by atoms with Gasteiger partial charge in [-0.1, -0.05) is 19.3 Å². The minimum atomic E-state index is -0.527. The molecule has 0 aromatic heterocycles. The summed E-state index contributed by atoms with van der Waals surface area (Å²) in [6.07, 6.45) is 7.18. The van der Waals surface area contributed by atoms with Crippen LogP contribution in [0.3, 0.4) is 0 Å². The van der Waals surface area contributed by atoms with Crippen molar-refractivity contribution in [1.82, 2.24) is 4.90 Å². The van der Waals surface area contributed by atoms with E-state index in [1.165, 1.54) is 19.3 Å². The Bertz CT molecular complexity index is 433. The van der Waals surface area contributed by atoms with E-state index in [1.54, 1.807) is 0 Å². The van der Waals surface area contributed by atoms with E-state index in [-0.39, 0.29) is 17.7 Å². The monoisotopic (exact) mass is 263 g/mol. The summed E-state index contributed by atoms with van der Waals surface area (Å²) >= 11 is 0. The Kier molecular flexibility index (Phi) is 2.06. The summed E-state index contributed by atoms with van der Waals surface area (Å²) in [6.45, 7) is 0. The van der Waals surface area contributed by atoms with Gasteiger partial charge in [0.2, 0.25) is 5.91 Å². The van der Waals surface area contributed by atoms with E-state index in [4.69, 9.17) is 4.74 Å². The van der Waals surface area contributed by atoms with Crippen molar-refractivity contribution in [3.05, 3.63) is 0 Å². The van der Waals surface area contributed by atoms with Gasteiger partial charge < -0.3 is 14.7 Å². The predicted molar refractivity (Wildman–Crippen MR) is 67.0 cm³/mol. The Morgan fingerprint density at radius 3 is 2.63 bits per heavy atom. The van der Waals surface area contributed by atoms with Gasteiger partial charge in [0.05, 0.1) is 18.1 Å². The first-order chi connectivity index (χ1) is 9.27. The van der Waals surface area contributed by atoms with Crippen LogP contribution in [-0.4, -0.2) is 40.4 Å². The second-order valence-corrected chi connectivity index (χ2v) is 7.18. The van der Waals surface area contributed by atoms with E-state index in [0.29, 0.717) is 30.1 Å². The van der Waals surface area contributed by atoms with Crippen molar-refractivity contribution in [2.45, 2.75) is 63.0 Å². The minimum Gasteiger partial charge on any atom is -0.373 e. The third kappa shape index (κ3) is 1.25. The zero-order valence-electron chi connectivity index (χ0n) is 11.1. The summed E-state index contributed by atoms with van der Waals surface area (Å²) in [5, 5.41) is 10.7. The number of aliphatic hydroxyl groups is 1. The van der Waals surface area contributed by atoms with Gasteiger partial charge in [0.15, 0.2) is 0 Å². The molecule has 1 amide bonds. The number of hydrogen-bond acceptors (Lipinski definition) is 3. The molecule has 104 valence electrons. The molecule has 0 spiro atoms. The third-order valence-corrected chi connectivity index (χ3v) is 6.46. The number of likely N-dealkylation sites (tertiary alicyclic amines) is 1. The number of carbonyl (C=O) groups excluding carboxylic acids is 1. The average Bonchev–Trinajstić information content (AvgIpc) is 2.94. The highest BCUT2D eigenvalue weighted by Gasteiger charge is 2.73. The smallest absolute Gasteiger partial charge is 0.228 e. The van der Waals surface area contributed by atoms with Gasteiger partial charge in [-0.3, -0.25) is 4.79 Å². The second-order valence-electron chi connectivity index (χ2n) is 7.18. The van der Waals surface area contributed by atoms with Gasteiger partial charge in [-0.25, -0.2) is 0 Å². The van der Waals surface area contributed by atoms with Gasteiger partial charge in [-0.2, -0.15) is 0 Å². The first-order valence-corrected chi connectivity index (χ1v) is 7.93. The lowest BCUT2D eigenvalue weighted by atomic mass is 9.81. The van der Waals surface area contributed by atoms with Crippen molar-refractivity contribution in [2.75, 3.05) is 0 Å². The summed E-state index contributed by atoms with van der Waals surface area (Å²) < 4.78 is 5.67. The molecule has 3 saturated carbocycles. The van der Waals surface area contributed by atoms with Gasteiger partial charge in [0.25, 0.3) is 0 Å². The number of nitrogens with zero attached hydrogens (tertiary/aromatic N) is 1. The van der Waals surface area contributed by atoms with Crippen LogP contribution in [0.4, 0.5) is 0 Å². The molecule has 2 aliphatic heterocycles. The first kappa shape index (κ1) is 11.1. The molecule has 6 unspecified atom stereocenters. The molecule has 4 nitrogen and oxygen atoms in total. The zero-order valence-corrected chi connectivity index (χ0v) is 11.1. The van der Waals surface area contributed by atoms with Crippen molar-refractivity contribution >= 4 is 5.91 Å². The molecule has 5 rings (SSSR count). The second kappa shape index (κ2) is 3.53. The Morgan fingerprint density at radius 1 is 1.11 bits per heavy atom. The van der Waals surface area contributed by atoms with Crippen molar-refractivity contribution in [1.29, 1.82) is 0 Å². The molecule has 5 aliphatic rings. The summed E-state index contributed by atoms with van der Waals surface area (Å²) in [7, 11) is 0. The van der Waals surface area contributed by atoms with Crippen LogP contribution in [0.15, 0.2) is 0 Å². The molecule has 7 atom stereocenters. The fourth-order valence-corrected chi connectivity index (χ4v) is 5.68. The van der Waals surface area contributed by atoms with Gasteiger partial charge in [0, 0.05) is 17.9 Å². The number of hydrogen-bond donors (Lipinski definition) is 1. The van der Waals surface area contributed by atoms with Gasteiger partial charge >= 0.3 is 0 Å². The largest absolute Gasteiger partial charge is 0.373 e. The first-order valence-electron chi connectivity index (χ1n) is 7.93. The summed E-state index contributed by atoms with van der Waals surface area (Å²) in [4.78, 5) is 14.6. The summed E-state index contributed by atoms with van der Waals surface area (Å²) in [5.41, 5.74) is 0. The van der Waals surface area contributed by atoms with Crippen LogP contribution in [0.25, 0.3) is 0 Å². The molecule has 0 radical (unpaired) electrons. The maximum absolute atomic E-state index is 12.8. The van der Waals surface area contributed by atoms with Crippen molar-refractivity contribution < 1.29 is 14.6 Å². The predicted octanol–water partition coefficient (Wildman–Crippen LogP) is 1.13. The van der Waals surface area contributed by atoms with Crippen LogP contribution < -0.4 is 0 Å². The number of rotatable bonds is 1. The fourth-order valence-electron chi connectivity index (χ4n) is 5.68. The van der Waals surface area contributed by atoms with E-state index in [9.17, 15) is 9.90 Å². The van der Waals surface area contributed by atoms with Crippen LogP contribution in [0.2, 0.25) is 0 Å². The van der Waals surface area contributed by atoms with Gasteiger partial charge in [-0.15, -0.1) is 0 Å². The fraction of sp³-hybridized carbons (Fsp3) is 0.933. The van der Waals surface area contributed by atoms with Crippen LogP contribution in [0, 0.1) is 23.7 Å². The van der Waals surface area contributed by atoms with Crippen molar-refractivity contribution in [3.8, 4) is 0 Å². The number of aliphatic hydroxyl groups excluding tert-OH is 1. The SMILES string of the molecule is O=C1C2C3CC(C4OC34)C2[C@H](O)N1C1CCCCC1. The van der Waals surface area contributed by atoms with Crippen molar-refractivity contribution in [2.24, 2.45) is 23.7 Å². The normalized spacial score (nSPS) is 55.5. The molecule has 2 bridgehead atoms. The molecule has 19 heavy (non-hydrogen) atoms. The Hall–Kier alpha value is -0.610. The number of amides is 1. The van der Waals surface area contributed by atoms with Gasteiger partial charge in [-0.05, 0) is 25.2 Å². The Morgan fingerprint density at radius 2 is 1.84 bits per heavy atom. The van der Waals surface area contributed by atoms with E-state index in [0.717, 1.165) is 19.3 Å². The molecule has 2 heterocycles. The van der Waals surface area contributed by atoms with Crippen molar-refractivity contribution in [3.63, 3.8) is 0 Å². The lowest BCUT2D eigenvalue weighted by Gasteiger charge is -2.35. The summed E-state index contributed by atoms with van der Waals surface area (Å²) in [6, 6.07) is 0.304. The maximum Gasteiger partial charge on any atom is 0.228 e. The summed E-state index contributed by atoms with van der Waals surface area (Å²) in [5.74, 6) is 1.35. The van der Waals surface area contributed by atoms with Crippen LogP contribution in [-0.2, 0) is 9.53 Å². The topological polar surface area (TPSA) is 53.1 Å². The van der Waals surface area contributed by atoms with Crippen LogP contribution in [0.5, 0.6) is 0 Å². The lowest BCUT2D eigenvalue weighted by molar-refractivity contribution is -0.141. The van der Waals surface area contributed by atoms with E-state index in [1.807, 2.05) is 4.90 Å². The quantitative estimate of drug-likeness (QED) is 0.722. The van der Waals surface area contributed by atoms with Crippen LogP contribution >= 0.6 is 0 Å². The Balaban J connectivity index is 1.46. The third-order valence-electron chi connectivity index (χ3n) is 6.46. The molecular formula is C15H21NO3. The lowest BCUT2D eigenvalue weighted by Crippen LogP contribution is -2.45. The average molecular weight is 263 g/mol. The highest BCUT2D eigenvalue weighted by Crippen LogP contribution is 2.65. The maximum atomic E-state index is 12.8. The van der Waals surface area contributed by atoms with E-state index < -0.39 is 6.23 Å². The standard InChI is InChI=1S/C15H21NO3/c17-14-10-8-6-9(13-12(8)19-13)11(10)15(18)16(14)7-4-2-1-3-5-7/h7-14,17H,1-6H2/t8?,9?,10?,11?,12?,13?,14-/m0/s1. The number of epoxide rings is 1. The van der Waals surface area contributed by atoms with E-state index >= 15 is 0 Å². The Labute approximate surface area is 113 Å².